The molecule has 0 heterocycles. The van der Waals surface area contributed by atoms with E-state index in [1.807, 2.05) is 19.1 Å². The summed E-state index contributed by atoms with van der Waals surface area (Å²) < 4.78 is 13.5. The predicted molar refractivity (Wildman–Crippen MR) is 69.8 cm³/mol. The lowest BCUT2D eigenvalue weighted by Crippen LogP contribution is -2.19. The van der Waals surface area contributed by atoms with Gasteiger partial charge in [-0.25, -0.2) is 4.39 Å². The highest BCUT2D eigenvalue weighted by molar-refractivity contribution is 5.27. The lowest BCUT2D eigenvalue weighted by molar-refractivity contribution is 0.473. The predicted octanol–water partition coefficient (Wildman–Crippen LogP) is 3.38. The average Bonchev–Trinajstić information content (AvgIpc) is 2.37. The molecule has 0 aliphatic heterocycles. The Morgan fingerprint density at radius 1 is 1.17 bits per heavy atom. The van der Waals surface area contributed by atoms with Crippen molar-refractivity contribution in [3.8, 4) is 5.75 Å². The Hall–Kier alpha value is -1.87. The van der Waals surface area contributed by atoms with Gasteiger partial charge in [0.2, 0.25) is 0 Å². The highest BCUT2D eigenvalue weighted by atomic mass is 19.1. The number of rotatable bonds is 4. The zero-order valence-electron chi connectivity index (χ0n) is 10.2. The number of benzene rings is 2. The van der Waals surface area contributed by atoms with Crippen LogP contribution < -0.4 is 5.32 Å². The highest BCUT2D eigenvalue weighted by Gasteiger charge is 2.09. The van der Waals surface area contributed by atoms with Gasteiger partial charge in [-0.05, 0) is 30.7 Å². The van der Waals surface area contributed by atoms with Crippen molar-refractivity contribution in [1.82, 2.24) is 5.32 Å². The number of phenols is 1. The molecule has 2 aromatic carbocycles. The SMILES string of the molecule is C[C@@H](NCc1cccc(O)c1)c1ccccc1F. The van der Waals surface area contributed by atoms with E-state index in [0.29, 0.717) is 12.1 Å². The van der Waals surface area contributed by atoms with Crippen LogP contribution >= 0.6 is 0 Å². The molecule has 0 amide bonds. The van der Waals surface area contributed by atoms with Crippen LogP contribution in [0.25, 0.3) is 0 Å². The molecule has 18 heavy (non-hydrogen) atoms. The van der Waals surface area contributed by atoms with Gasteiger partial charge in [0, 0.05) is 18.2 Å². The van der Waals surface area contributed by atoms with Gasteiger partial charge in [0.1, 0.15) is 11.6 Å². The van der Waals surface area contributed by atoms with Gasteiger partial charge in [-0.1, -0.05) is 30.3 Å². The Balaban J connectivity index is 2.00. The van der Waals surface area contributed by atoms with E-state index in [4.69, 9.17) is 0 Å². The molecule has 0 radical (unpaired) electrons. The summed E-state index contributed by atoms with van der Waals surface area (Å²) in [7, 11) is 0. The van der Waals surface area contributed by atoms with Crippen molar-refractivity contribution in [3.63, 3.8) is 0 Å². The molecule has 0 spiro atoms. The molecule has 0 saturated carbocycles. The Bertz CT molecular complexity index is 527. The lowest BCUT2D eigenvalue weighted by Gasteiger charge is -2.15. The average molecular weight is 245 g/mol. The maximum absolute atomic E-state index is 13.5. The fourth-order valence-corrected chi connectivity index (χ4v) is 1.87. The summed E-state index contributed by atoms with van der Waals surface area (Å²) in [5, 5.41) is 12.6. The van der Waals surface area contributed by atoms with E-state index < -0.39 is 0 Å². The molecule has 94 valence electrons. The zero-order valence-corrected chi connectivity index (χ0v) is 10.2. The highest BCUT2D eigenvalue weighted by Crippen LogP contribution is 2.17. The van der Waals surface area contributed by atoms with E-state index in [9.17, 15) is 9.50 Å². The maximum atomic E-state index is 13.5. The molecule has 2 nitrogen and oxygen atoms in total. The van der Waals surface area contributed by atoms with Crippen molar-refractivity contribution in [2.75, 3.05) is 0 Å². The van der Waals surface area contributed by atoms with Crippen LogP contribution in [0.4, 0.5) is 4.39 Å². The van der Waals surface area contributed by atoms with Crippen molar-refractivity contribution in [1.29, 1.82) is 0 Å². The molecular formula is C15H16FNO. The summed E-state index contributed by atoms with van der Waals surface area (Å²) >= 11 is 0. The number of aromatic hydroxyl groups is 1. The summed E-state index contributed by atoms with van der Waals surface area (Å²) in [5.74, 6) is 0.0428. The molecule has 0 aromatic heterocycles. The number of hydrogen-bond donors (Lipinski definition) is 2. The Labute approximate surface area is 106 Å². The molecule has 0 unspecified atom stereocenters. The number of hydrogen-bond acceptors (Lipinski definition) is 2. The molecule has 0 aliphatic rings. The van der Waals surface area contributed by atoms with Crippen LogP contribution in [0.5, 0.6) is 5.75 Å². The summed E-state index contributed by atoms with van der Waals surface area (Å²) in [4.78, 5) is 0. The van der Waals surface area contributed by atoms with Crippen LogP contribution in [-0.4, -0.2) is 5.11 Å². The third kappa shape index (κ3) is 3.08. The van der Waals surface area contributed by atoms with Gasteiger partial charge in [-0.3, -0.25) is 0 Å². The van der Waals surface area contributed by atoms with E-state index in [1.54, 1.807) is 30.3 Å². The van der Waals surface area contributed by atoms with Gasteiger partial charge in [0.25, 0.3) is 0 Å². The fourth-order valence-electron chi connectivity index (χ4n) is 1.87. The molecule has 2 rings (SSSR count). The second kappa shape index (κ2) is 5.65. The third-order valence-corrected chi connectivity index (χ3v) is 2.89. The summed E-state index contributed by atoms with van der Waals surface area (Å²) in [5.41, 5.74) is 1.62. The first-order valence-corrected chi connectivity index (χ1v) is 5.92. The first kappa shape index (κ1) is 12.6. The van der Waals surface area contributed by atoms with Gasteiger partial charge in [-0.15, -0.1) is 0 Å². The van der Waals surface area contributed by atoms with Gasteiger partial charge in [-0.2, -0.15) is 0 Å². The third-order valence-electron chi connectivity index (χ3n) is 2.89. The van der Waals surface area contributed by atoms with Crippen molar-refractivity contribution in [2.24, 2.45) is 0 Å². The van der Waals surface area contributed by atoms with E-state index in [-0.39, 0.29) is 17.6 Å². The monoisotopic (exact) mass is 245 g/mol. The van der Waals surface area contributed by atoms with Gasteiger partial charge < -0.3 is 10.4 Å². The maximum Gasteiger partial charge on any atom is 0.127 e. The molecule has 0 bridgehead atoms. The van der Waals surface area contributed by atoms with Crippen LogP contribution in [0.2, 0.25) is 0 Å². The molecule has 2 aromatic rings. The number of halogens is 1. The van der Waals surface area contributed by atoms with Crippen molar-refractivity contribution in [3.05, 3.63) is 65.5 Å². The van der Waals surface area contributed by atoms with Crippen LogP contribution in [0.1, 0.15) is 24.1 Å². The zero-order chi connectivity index (χ0) is 13.0. The molecular weight excluding hydrogens is 229 g/mol. The molecule has 1 atom stereocenters. The van der Waals surface area contributed by atoms with Crippen molar-refractivity contribution in [2.45, 2.75) is 19.5 Å². The van der Waals surface area contributed by atoms with Gasteiger partial charge in [0.05, 0.1) is 0 Å². The second-order valence-electron chi connectivity index (χ2n) is 4.29. The molecule has 0 aliphatic carbocycles. The minimum absolute atomic E-state index is 0.0754. The van der Waals surface area contributed by atoms with E-state index >= 15 is 0 Å². The summed E-state index contributed by atoms with van der Waals surface area (Å²) in [6, 6.07) is 13.7. The number of nitrogens with one attached hydrogen (secondary N) is 1. The molecule has 3 heteroatoms. The molecule has 0 saturated heterocycles. The lowest BCUT2D eigenvalue weighted by atomic mass is 10.1. The van der Waals surface area contributed by atoms with E-state index in [2.05, 4.69) is 5.32 Å². The summed E-state index contributed by atoms with van der Waals surface area (Å²) in [6.07, 6.45) is 0. The molecule has 2 N–H and O–H groups in total. The Morgan fingerprint density at radius 2 is 1.94 bits per heavy atom. The topological polar surface area (TPSA) is 32.3 Å². The number of phenolic OH excluding ortho intramolecular Hbond substituents is 1. The minimum atomic E-state index is -0.201. The first-order chi connectivity index (χ1) is 8.66. The Kier molecular flexibility index (Phi) is 3.95. The van der Waals surface area contributed by atoms with Crippen LogP contribution in [0.3, 0.4) is 0 Å². The van der Waals surface area contributed by atoms with Crippen molar-refractivity contribution < 1.29 is 9.50 Å². The standard InChI is InChI=1S/C15H16FNO/c1-11(14-7-2-3-8-15(14)16)17-10-12-5-4-6-13(18)9-12/h2-9,11,17-18H,10H2,1H3/t11-/m1/s1. The largest absolute Gasteiger partial charge is 0.508 e. The van der Waals surface area contributed by atoms with Gasteiger partial charge in [0.15, 0.2) is 0 Å². The first-order valence-electron chi connectivity index (χ1n) is 5.92. The van der Waals surface area contributed by atoms with Gasteiger partial charge >= 0.3 is 0 Å². The molecule has 0 fully saturated rings. The minimum Gasteiger partial charge on any atom is -0.508 e. The van der Waals surface area contributed by atoms with Crippen LogP contribution in [0.15, 0.2) is 48.5 Å². The Morgan fingerprint density at radius 3 is 2.67 bits per heavy atom. The van der Waals surface area contributed by atoms with E-state index in [0.717, 1.165) is 5.56 Å². The van der Waals surface area contributed by atoms with Crippen molar-refractivity contribution >= 4 is 0 Å². The van der Waals surface area contributed by atoms with Crippen LogP contribution in [-0.2, 0) is 6.54 Å². The second-order valence-corrected chi connectivity index (χ2v) is 4.29. The summed E-state index contributed by atoms with van der Waals surface area (Å²) in [6.45, 7) is 2.51. The smallest absolute Gasteiger partial charge is 0.127 e. The quantitative estimate of drug-likeness (QED) is 0.865. The van der Waals surface area contributed by atoms with E-state index in [1.165, 1.54) is 6.07 Å². The van der Waals surface area contributed by atoms with Crippen LogP contribution in [0, 0.1) is 5.82 Å². The normalized spacial score (nSPS) is 12.3. The fraction of sp³-hybridized carbons (Fsp3) is 0.200.